The Labute approximate surface area is 185 Å². The Bertz CT molecular complexity index is 1200. The van der Waals surface area contributed by atoms with Crippen molar-refractivity contribution in [3.63, 3.8) is 0 Å². The van der Waals surface area contributed by atoms with Crippen molar-refractivity contribution >= 4 is 35.0 Å². The Hall–Kier alpha value is -3.60. The number of benzene rings is 2. The third-order valence-electron chi connectivity index (χ3n) is 4.13. The van der Waals surface area contributed by atoms with E-state index in [1.54, 1.807) is 38.1 Å². The van der Waals surface area contributed by atoms with Gasteiger partial charge in [-0.15, -0.1) is 10.2 Å². The van der Waals surface area contributed by atoms with E-state index >= 15 is 0 Å². The van der Waals surface area contributed by atoms with E-state index in [9.17, 15) is 23.2 Å². The second-order valence-corrected chi connectivity index (χ2v) is 7.96. The number of para-hydroxylation sites is 1. The van der Waals surface area contributed by atoms with Crippen LogP contribution in [0.3, 0.4) is 0 Å². The first kappa shape index (κ1) is 23.1. The zero-order valence-electron chi connectivity index (χ0n) is 17.1. The van der Waals surface area contributed by atoms with E-state index in [-0.39, 0.29) is 34.1 Å². The van der Waals surface area contributed by atoms with Crippen LogP contribution in [-0.4, -0.2) is 32.7 Å². The summed E-state index contributed by atoms with van der Waals surface area (Å²) in [5, 5.41) is 13.1. The minimum absolute atomic E-state index is 0.00805. The molecule has 0 atom stereocenters. The number of hydrogen-bond donors (Lipinski definition) is 3. The smallest absolute Gasteiger partial charge is 0.278 e. The van der Waals surface area contributed by atoms with Gasteiger partial charge in [0, 0.05) is 23.2 Å². The number of aromatic nitrogens is 3. The molecule has 1 aromatic heterocycles. The Morgan fingerprint density at radius 1 is 1.06 bits per heavy atom. The molecule has 0 bridgehead atoms. The van der Waals surface area contributed by atoms with Gasteiger partial charge in [-0.05, 0) is 18.2 Å². The Balaban J connectivity index is 1.70. The highest BCUT2D eigenvalue weighted by atomic mass is 32.2. The number of nitrogens with zero attached hydrogens (tertiary/aromatic N) is 2. The van der Waals surface area contributed by atoms with Gasteiger partial charge in [0.15, 0.2) is 10.9 Å². The monoisotopic (exact) mass is 459 g/mol. The number of halogens is 2. The van der Waals surface area contributed by atoms with Crippen molar-refractivity contribution in [2.24, 2.45) is 5.92 Å². The highest BCUT2D eigenvalue weighted by Crippen LogP contribution is 2.24. The largest absolute Gasteiger partial charge is 0.325 e. The van der Waals surface area contributed by atoms with Crippen molar-refractivity contribution in [1.29, 1.82) is 0 Å². The number of rotatable bonds is 7. The van der Waals surface area contributed by atoms with Crippen LogP contribution in [0.2, 0.25) is 0 Å². The molecule has 0 saturated heterocycles. The standard InChI is InChI=1S/C21H19F2N5O3S/c1-11(2)19(30)25-16-6-4-3-5-15(16)18-20(31)26-21(28-27-18)32-10-17(29)24-14-8-12(22)7-13(23)9-14/h3-9,11H,10H2,1-2H3,(H,24,29)(H,25,30)(H,26,28,31). The molecule has 0 fully saturated rings. The normalized spacial score (nSPS) is 10.8. The minimum atomic E-state index is -0.816. The van der Waals surface area contributed by atoms with Crippen molar-refractivity contribution in [2.45, 2.75) is 19.0 Å². The lowest BCUT2D eigenvalue weighted by Gasteiger charge is -2.11. The summed E-state index contributed by atoms with van der Waals surface area (Å²) in [6.07, 6.45) is 0. The summed E-state index contributed by atoms with van der Waals surface area (Å²) in [5.74, 6) is -2.82. The van der Waals surface area contributed by atoms with Crippen LogP contribution in [0.1, 0.15) is 13.8 Å². The molecule has 32 heavy (non-hydrogen) atoms. The first-order chi connectivity index (χ1) is 15.2. The Morgan fingerprint density at radius 2 is 1.75 bits per heavy atom. The molecule has 166 valence electrons. The number of amides is 2. The average molecular weight is 459 g/mol. The summed E-state index contributed by atoms with van der Waals surface area (Å²) in [6, 6.07) is 9.36. The number of aromatic amines is 1. The lowest BCUT2D eigenvalue weighted by atomic mass is 10.1. The third-order valence-corrected chi connectivity index (χ3v) is 4.99. The van der Waals surface area contributed by atoms with Crippen LogP contribution in [-0.2, 0) is 9.59 Å². The molecule has 0 aliphatic heterocycles. The second kappa shape index (κ2) is 10.1. The molecule has 0 unspecified atom stereocenters. The molecule has 2 amide bonds. The first-order valence-electron chi connectivity index (χ1n) is 9.49. The third kappa shape index (κ3) is 5.97. The number of thioether (sulfide) groups is 1. The van der Waals surface area contributed by atoms with Gasteiger partial charge in [-0.1, -0.05) is 43.8 Å². The van der Waals surface area contributed by atoms with Gasteiger partial charge < -0.3 is 10.6 Å². The van der Waals surface area contributed by atoms with Crippen molar-refractivity contribution in [1.82, 2.24) is 15.2 Å². The van der Waals surface area contributed by atoms with Gasteiger partial charge in [0.1, 0.15) is 11.6 Å². The average Bonchev–Trinajstić information content (AvgIpc) is 2.72. The van der Waals surface area contributed by atoms with Gasteiger partial charge in [0.05, 0.1) is 11.4 Å². The van der Waals surface area contributed by atoms with E-state index in [1.807, 2.05) is 0 Å². The number of anilines is 2. The predicted molar refractivity (Wildman–Crippen MR) is 117 cm³/mol. The van der Waals surface area contributed by atoms with Crippen LogP contribution in [0.5, 0.6) is 0 Å². The van der Waals surface area contributed by atoms with Crippen LogP contribution in [0.15, 0.2) is 52.4 Å². The Morgan fingerprint density at radius 3 is 2.41 bits per heavy atom. The fraction of sp³-hybridized carbons (Fsp3) is 0.190. The molecule has 0 spiro atoms. The quantitative estimate of drug-likeness (QED) is 0.466. The van der Waals surface area contributed by atoms with Gasteiger partial charge >= 0.3 is 0 Å². The summed E-state index contributed by atoms with van der Waals surface area (Å²) in [5.41, 5.74) is 0.254. The van der Waals surface area contributed by atoms with Crippen molar-refractivity contribution in [3.05, 3.63) is 64.5 Å². The molecular weight excluding hydrogens is 440 g/mol. The summed E-state index contributed by atoms with van der Waals surface area (Å²) in [7, 11) is 0. The first-order valence-corrected chi connectivity index (χ1v) is 10.5. The lowest BCUT2D eigenvalue weighted by Crippen LogP contribution is -2.20. The van der Waals surface area contributed by atoms with Crippen LogP contribution in [0.25, 0.3) is 11.3 Å². The molecule has 11 heteroatoms. The van der Waals surface area contributed by atoms with Crippen molar-refractivity contribution < 1.29 is 18.4 Å². The number of carbonyl (C=O) groups excluding carboxylic acids is 2. The number of carbonyl (C=O) groups is 2. The summed E-state index contributed by atoms with van der Waals surface area (Å²) < 4.78 is 26.4. The Kier molecular flexibility index (Phi) is 7.31. The maximum atomic E-state index is 13.2. The van der Waals surface area contributed by atoms with Gasteiger partial charge in [0.25, 0.3) is 5.56 Å². The van der Waals surface area contributed by atoms with Crippen molar-refractivity contribution in [3.8, 4) is 11.3 Å². The highest BCUT2D eigenvalue weighted by Gasteiger charge is 2.16. The summed E-state index contributed by atoms with van der Waals surface area (Å²) in [4.78, 5) is 39.2. The van der Waals surface area contributed by atoms with Crippen LogP contribution < -0.4 is 16.2 Å². The van der Waals surface area contributed by atoms with E-state index in [1.165, 1.54) is 0 Å². The molecule has 0 aliphatic carbocycles. The van der Waals surface area contributed by atoms with Gasteiger partial charge in [-0.2, -0.15) is 0 Å². The lowest BCUT2D eigenvalue weighted by molar-refractivity contribution is -0.119. The van der Waals surface area contributed by atoms with E-state index in [0.717, 1.165) is 23.9 Å². The fourth-order valence-corrected chi connectivity index (χ4v) is 3.20. The maximum absolute atomic E-state index is 13.2. The molecule has 8 nitrogen and oxygen atoms in total. The number of H-pyrrole nitrogens is 1. The molecular formula is C21H19F2N5O3S. The topological polar surface area (TPSA) is 117 Å². The minimum Gasteiger partial charge on any atom is -0.325 e. The van der Waals surface area contributed by atoms with Gasteiger partial charge in [-0.25, -0.2) is 8.78 Å². The van der Waals surface area contributed by atoms with E-state index in [4.69, 9.17) is 0 Å². The van der Waals surface area contributed by atoms with Gasteiger partial charge in [0.2, 0.25) is 11.8 Å². The zero-order valence-corrected chi connectivity index (χ0v) is 17.9. The van der Waals surface area contributed by atoms with E-state index < -0.39 is 23.1 Å². The molecule has 0 saturated carbocycles. The summed E-state index contributed by atoms with van der Waals surface area (Å²) in [6.45, 7) is 3.50. The molecule has 1 heterocycles. The van der Waals surface area contributed by atoms with Crippen LogP contribution >= 0.6 is 11.8 Å². The molecule has 3 rings (SSSR count). The van der Waals surface area contributed by atoms with E-state index in [0.29, 0.717) is 17.3 Å². The predicted octanol–water partition coefficient (Wildman–Crippen LogP) is 3.44. The van der Waals surface area contributed by atoms with E-state index in [2.05, 4.69) is 25.8 Å². The van der Waals surface area contributed by atoms with Gasteiger partial charge in [-0.3, -0.25) is 19.4 Å². The second-order valence-electron chi connectivity index (χ2n) is 6.99. The number of nitrogens with one attached hydrogen (secondary N) is 3. The molecule has 3 N–H and O–H groups in total. The zero-order chi connectivity index (χ0) is 23.3. The van der Waals surface area contributed by atoms with Crippen molar-refractivity contribution in [2.75, 3.05) is 16.4 Å². The van der Waals surface area contributed by atoms with Crippen LogP contribution in [0, 0.1) is 17.6 Å². The highest BCUT2D eigenvalue weighted by molar-refractivity contribution is 7.99. The SMILES string of the molecule is CC(C)C(=O)Nc1ccccc1-c1nnc(SCC(=O)Nc2cc(F)cc(F)c2)[nH]c1=O. The van der Waals surface area contributed by atoms with Crippen LogP contribution in [0.4, 0.5) is 20.2 Å². The number of hydrogen-bond acceptors (Lipinski definition) is 6. The molecule has 0 aliphatic rings. The summed E-state index contributed by atoms with van der Waals surface area (Å²) >= 11 is 0.895. The molecule has 0 radical (unpaired) electrons. The molecule has 2 aromatic carbocycles. The fourth-order valence-electron chi connectivity index (χ4n) is 2.60. The molecule has 3 aromatic rings. The maximum Gasteiger partial charge on any atom is 0.278 e.